The number of likely N-dealkylation sites (tertiary alicyclic amines) is 1. The third-order valence-corrected chi connectivity index (χ3v) is 4.76. The zero-order chi connectivity index (χ0) is 18.4. The Hall–Kier alpha value is -2.24. The van der Waals surface area contributed by atoms with Crippen molar-refractivity contribution in [1.29, 1.82) is 0 Å². The molecule has 1 aliphatic heterocycles. The van der Waals surface area contributed by atoms with E-state index in [2.05, 4.69) is 17.6 Å². The van der Waals surface area contributed by atoms with Crippen molar-refractivity contribution < 1.29 is 14.3 Å². The van der Waals surface area contributed by atoms with Crippen molar-refractivity contribution in [3.8, 4) is 5.75 Å². The number of ether oxygens (including phenoxy) is 1. The molecule has 1 aliphatic rings. The standard InChI is InChI=1S/C19H29N3O3/c1-13-9-7-8-12-22(13)18(23)15(3)21-19(24)20-14(2)16-10-5-6-11-17(16)25-4/h5-6,10-11,13-15H,7-9,12H2,1-4H3,(H2,20,21,24)/t13-,14+,15+/m1/s1. The number of amides is 3. The Morgan fingerprint density at radius 2 is 1.92 bits per heavy atom. The van der Waals surface area contributed by atoms with Crippen LogP contribution in [-0.2, 0) is 4.79 Å². The summed E-state index contributed by atoms with van der Waals surface area (Å²) in [4.78, 5) is 26.7. The van der Waals surface area contributed by atoms with Gasteiger partial charge < -0.3 is 20.3 Å². The second-order valence-electron chi connectivity index (χ2n) is 6.68. The molecule has 2 rings (SSSR count). The van der Waals surface area contributed by atoms with Gasteiger partial charge in [-0.15, -0.1) is 0 Å². The number of hydrogen-bond donors (Lipinski definition) is 2. The lowest BCUT2D eigenvalue weighted by molar-refractivity contribution is -0.136. The van der Waals surface area contributed by atoms with E-state index < -0.39 is 6.04 Å². The van der Waals surface area contributed by atoms with Gasteiger partial charge in [0.05, 0.1) is 13.2 Å². The average molecular weight is 347 g/mol. The van der Waals surface area contributed by atoms with Crippen LogP contribution in [0.5, 0.6) is 5.75 Å². The molecule has 3 amide bonds. The molecule has 0 spiro atoms. The van der Waals surface area contributed by atoms with Crippen LogP contribution < -0.4 is 15.4 Å². The van der Waals surface area contributed by atoms with E-state index in [1.807, 2.05) is 36.1 Å². The summed E-state index contributed by atoms with van der Waals surface area (Å²) in [7, 11) is 1.60. The fourth-order valence-corrected chi connectivity index (χ4v) is 3.27. The minimum Gasteiger partial charge on any atom is -0.496 e. The Morgan fingerprint density at radius 1 is 1.20 bits per heavy atom. The minimum atomic E-state index is -0.551. The molecular weight excluding hydrogens is 318 g/mol. The fraction of sp³-hybridized carbons (Fsp3) is 0.579. The van der Waals surface area contributed by atoms with Crippen molar-refractivity contribution in [2.45, 2.75) is 58.2 Å². The van der Waals surface area contributed by atoms with Crippen LogP contribution in [-0.4, -0.2) is 42.6 Å². The maximum Gasteiger partial charge on any atom is 0.315 e. The molecule has 6 heteroatoms. The molecule has 1 aromatic rings. The predicted molar refractivity (Wildman–Crippen MR) is 97.6 cm³/mol. The molecule has 1 saturated heterocycles. The second-order valence-corrected chi connectivity index (χ2v) is 6.68. The molecule has 0 bridgehead atoms. The van der Waals surface area contributed by atoms with Crippen molar-refractivity contribution in [1.82, 2.24) is 15.5 Å². The third kappa shape index (κ3) is 4.87. The summed E-state index contributed by atoms with van der Waals surface area (Å²) in [5.74, 6) is 0.703. The molecule has 138 valence electrons. The summed E-state index contributed by atoms with van der Waals surface area (Å²) in [6, 6.07) is 6.65. The number of hydrogen-bond acceptors (Lipinski definition) is 3. The van der Waals surface area contributed by atoms with Crippen LogP contribution >= 0.6 is 0 Å². The van der Waals surface area contributed by atoms with Crippen LogP contribution in [0.1, 0.15) is 51.6 Å². The zero-order valence-electron chi connectivity index (χ0n) is 15.5. The third-order valence-electron chi connectivity index (χ3n) is 4.76. The normalized spacial score (nSPS) is 19.7. The highest BCUT2D eigenvalue weighted by Crippen LogP contribution is 2.24. The number of nitrogens with one attached hydrogen (secondary N) is 2. The van der Waals surface area contributed by atoms with Gasteiger partial charge in [0.1, 0.15) is 11.8 Å². The van der Waals surface area contributed by atoms with Gasteiger partial charge in [-0.1, -0.05) is 18.2 Å². The molecule has 1 aromatic carbocycles. The molecule has 0 radical (unpaired) electrons. The number of urea groups is 1. The van der Waals surface area contributed by atoms with E-state index >= 15 is 0 Å². The molecule has 6 nitrogen and oxygen atoms in total. The highest BCUT2D eigenvalue weighted by atomic mass is 16.5. The van der Waals surface area contributed by atoms with Crippen LogP contribution in [0.4, 0.5) is 4.79 Å². The van der Waals surface area contributed by atoms with Crippen LogP contribution in [0.25, 0.3) is 0 Å². The van der Waals surface area contributed by atoms with Crippen LogP contribution in [0.15, 0.2) is 24.3 Å². The van der Waals surface area contributed by atoms with Gasteiger partial charge in [0.2, 0.25) is 5.91 Å². The van der Waals surface area contributed by atoms with Crippen molar-refractivity contribution in [3.05, 3.63) is 29.8 Å². The Labute approximate surface area is 149 Å². The van der Waals surface area contributed by atoms with Gasteiger partial charge in [0.15, 0.2) is 0 Å². The summed E-state index contributed by atoms with van der Waals surface area (Å²) >= 11 is 0. The van der Waals surface area contributed by atoms with Gasteiger partial charge in [0, 0.05) is 18.2 Å². The lowest BCUT2D eigenvalue weighted by Gasteiger charge is -2.35. The van der Waals surface area contributed by atoms with E-state index in [1.165, 1.54) is 0 Å². The smallest absolute Gasteiger partial charge is 0.315 e. The average Bonchev–Trinajstić information content (AvgIpc) is 2.61. The van der Waals surface area contributed by atoms with Gasteiger partial charge in [-0.3, -0.25) is 4.79 Å². The molecule has 0 aliphatic carbocycles. The zero-order valence-corrected chi connectivity index (χ0v) is 15.5. The summed E-state index contributed by atoms with van der Waals surface area (Å²) in [6.07, 6.45) is 3.21. The first-order valence-electron chi connectivity index (χ1n) is 8.94. The molecule has 2 N–H and O–H groups in total. The fourth-order valence-electron chi connectivity index (χ4n) is 3.27. The first-order valence-corrected chi connectivity index (χ1v) is 8.94. The number of carbonyl (C=O) groups is 2. The number of rotatable bonds is 5. The van der Waals surface area contributed by atoms with Crippen LogP contribution in [0.3, 0.4) is 0 Å². The van der Waals surface area contributed by atoms with Crippen LogP contribution in [0, 0.1) is 0 Å². The molecular formula is C19H29N3O3. The number of nitrogens with zero attached hydrogens (tertiary/aromatic N) is 1. The summed E-state index contributed by atoms with van der Waals surface area (Å²) in [5, 5.41) is 5.62. The number of piperidine rings is 1. The largest absolute Gasteiger partial charge is 0.496 e. The SMILES string of the molecule is COc1ccccc1[C@H](C)NC(=O)N[C@@H](C)C(=O)N1CCCC[C@H]1C. The predicted octanol–water partition coefficient (Wildman–Crippen LogP) is 2.84. The molecule has 0 aromatic heterocycles. The topological polar surface area (TPSA) is 70.7 Å². The molecule has 1 heterocycles. The lowest BCUT2D eigenvalue weighted by Crippen LogP contribution is -2.53. The van der Waals surface area contributed by atoms with E-state index in [9.17, 15) is 9.59 Å². The first-order chi connectivity index (χ1) is 11.9. The quantitative estimate of drug-likeness (QED) is 0.860. The minimum absolute atomic E-state index is 0.0210. The molecule has 25 heavy (non-hydrogen) atoms. The van der Waals surface area contributed by atoms with E-state index in [0.717, 1.165) is 37.1 Å². The summed E-state index contributed by atoms with van der Waals surface area (Å²) in [5.41, 5.74) is 0.892. The molecule has 0 unspecified atom stereocenters. The van der Waals surface area contributed by atoms with Crippen LogP contribution in [0.2, 0.25) is 0 Å². The number of para-hydroxylation sites is 1. The first kappa shape index (κ1) is 19.1. The van der Waals surface area contributed by atoms with Crippen molar-refractivity contribution in [2.75, 3.05) is 13.7 Å². The maximum absolute atomic E-state index is 12.6. The Morgan fingerprint density at radius 3 is 2.60 bits per heavy atom. The Kier molecular flexibility index (Phi) is 6.67. The monoisotopic (exact) mass is 347 g/mol. The van der Waals surface area contributed by atoms with Gasteiger partial charge in [-0.2, -0.15) is 0 Å². The lowest BCUT2D eigenvalue weighted by atomic mass is 10.0. The number of carbonyl (C=O) groups excluding carboxylic acids is 2. The van der Waals surface area contributed by atoms with E-state index in [4.69, 9.17) is 4.74 Å². The van der Waals surface area contributed by atoms with E-state index in [1.54, 1.807) is 14.0 Å². The second kappa shape index (κ2) is 8.74. The number of benzene rings is 1. The Bertz CT molecular complexity index is 605. The maximum atomic E-state index is 12.6. The number of methoxy groups -OCH3 is 1. The van der Waals surface area contributed by atoms with Crippen molar-refractivity contribution in [3.63, 3.8) is 0 Å². The van der Waals surface area contributed by atoms with E-state index in [-0.39, 0.29) is 24.0 Å². The Balaban J connectivity index is 1.91. The summed E-state index contributed by atoms with van der Waals surface area (Å²) in [6.45, 7) is 6.45. The summed E-state index contributed by atoms with van der Waals surface area (Å²) < 4.78 is 5.33. The molecule has 1 fully saturated rings. The van der Waals surface area contributed by atoms with E-state index in [0.29, 0.717) is 0 Å². The highest BCUT2D eigenvalue weighted by Gasteiger charge is 2.28. The molecule has 0 saturated carbocycles. The van der Waals surface area contributed by atoms with Gasteiger partial charge >= 0.3 is 6.03 Å². The van der Waals surface area contributed by atoms with Crippen molar-refractivity contribution >= 4 is 11.9 Å². The van der Waals surface area contributed by atoms with Crippen molar-refractivity contribution in [2.24, 2.45) is 0 Å². The highest BCUT2D eigenvalue weighted by molar-refractivity contribution is 5.87. The molecule has 3 atom stereocenters. The van der Waals surface area contributed by atoms with Gasteiger partial charge in [-0.25, -0.2) is 4.79 Å². The van der Waals surface area contributed by atoms with Gasteiger partial charge in [0.25, 0.3) is 0 Å². The van der Waals surface area contributed by atoms with Gasteiger partial charge in [-0.05, 0) is 46.1 Å².